The van der Waals surface area contributed by atoms with Gasteiger partial charge in [-0.3, -0.25) is 4.79 Å². The lowest BCUT2D eigenvalue weighted by Crippen LogP contribution is -2.34. The number of rotatable bonds is 4. The molecule has 1 rings (SSSR count). The van der Waals surface area contributed by atoms with Gasteiger partial charge in [0.1, 0.15) is 0 Å². The van der Waals surface area contributed by atoms with E-state index in [0.29, 0.717) is 12.3 Å². The number of hydrogen-bond donors (Lipinski definition) is 2. The molecule has 1 fully saturated rings. The highest BCUT2D eigenvalue weighted by molar-refractivity contribution is 5.74. The van der Waals surface area contributed by atoms with Crippen LogP contribution in [0.25, 0.3) is 0 Å². The minimum Gasteiger partial charge on any atom is -0.370 e. The van der Waals surface area contributed by atoms with E-state index in [1.54, 1.807) is 0 Å². The van der Waals surface area contributed by atoms with Gasteiger partial charge >= 0.3 is 0 Å². The lowest BCUT2D eigenvalue weighted by molar-refractivity contribution is -0.118. The molecule has 11 heavy (non-hydrogen) atoms. The Morgan fingerprint density at radius 1 is 1.64 bits per heavy atom. The van der Waals surface area contributed by atoms with E-state index < -0.39 is 0 Å². The molecule has 2 atom stereocenters. The Hall–Kier alpha value is -0.570. The third-order valence-electron chi connectivity index (χ3n) is 2.48. The van der Waals surface area contributed by atoms with Crippen LogP contribution in [0.2, 0.25) is 0 Å². The molecule has 0 spiro atoms. The van der Waals surface area contributed by atoms with Crippen molar-refractivity contribution in [2.75, 3.05) is 0 Å². The number of primary amides is 1. The number of carbonyl (C=O) groups is 1. The van der Waals surface area contributed by atoms with Crippen LogP contribution in [0.3, 0.4) is 0 Å². The summed E-state index contributed by atoms with van der Waals surface area (Å²) in [5, 5.41) is 0. The van der Waals surface area contributed by atoms with Crippen molar-refractivity contribution in [3.63, 3.8) is 0 Å². The molecular formula is C8H16N2O. The lowest BCUT2D eigenvalue weighted by atomic mass is 9.95. The van der Waals surface area contributed by atoms with Crippen molar-refractivity contribution in [3.8, 4) is 0 Å². The van der Waals surface area contributed by atoms with Gasteiger partial charge in [0.2, 0.25) is 5.91 Å². The van der Waals surface area contributed by atoms with E-state index in [1.165, 1.54) is 12.8 Å². The maximum atomic E-state index is 10.5. The zero-order valence-electron chi connectivity index (χ0n) is 6.92. The summed E-state index contributed by atoms with van der Waals surface area (Å²) in [4.78, 5) is 10.5. The molecule has 0 bridgehead atoms. The monoisotopic (exact) mass is 156 g/mol. The van der Waals surface area contributed by atoms with Crippen LogP contribution in [0.4, 0.5) is 0 Å². The maximum Gasteiger partial charge on any atom is 0.218 e. The molecule has 0 saturated heterocycles. The Labute approximate surface area is 67.1 Å². The third-order valence-corrected chi connectivity index (χ3v) is 2.48. The Balaban J connectivity index is 2.26. The van der Waals surface area contributed by atoms with Gasteiger partial charge in [0.25, 0.3) is 0 Å². The van der Waals surface area contributed by atoms with Crippen LogP contribution in [0.1, 0.15) is 26.2 Å². The van der Waals surface area contributed by atoms with Crippen molar-refractivity contribution in [2.24, 2.45) is 23.3 Å². The Morgan fingerprint density at radius 3 is 2.55 bits per heavy atom. The summed E-state index contributed by atoms with van der Waals surface area (Å²) in [7, 11) is 0. The first-order valence-corrected chi connectivity index (χ1v) is 4.15. The Kier molecular flexibility index (Phi) is 2.49. The number of amides is 1. The normalized spacial score (nSPS) is 22.7. The first-order valence-electron chi connectivity index (χ1n) is 4.15. The van der Waals surface area contributed by atoms with Gasteiger partial charge in [0, 0.05) is 12.5 Å². The largest absolute Gasteiger partial charge is 0.370 e. The van der Waals surface area contributed by atoms with E-state index >= 15 is 0 Å². The second-order valence-corrected chi connectivity index (χ2v) is 3.53. The van der Waals surface area contributed by atoms with E-state index in [0.717, 1.165) is 5.92 Å². The molecular weight excluding hydrogens is 140 g/mol. The van der Waals surface area contributed by atoms with Crippen molar-refractivity contribution in [1.82, 2.24) is 0 Å². The molecule has 64 valence electrons. The highest BCUT2D eigenvalue weighted by Crippen LogP contribution is 2.38. The molecule has 1 aliphatic rings. The van der Waals surface area contributed by atoms with Crippen LogP contribution in [-0.2, 0) is 4.79 Å². The Morgan fingerprint density at radius 2 is 2.18 bits per heavy atom. The lowest BCUT2D eigenvalue weighted by Gasteiger charge is -2.17. The van der Waals surface area contributed by atoms with Gasteiger partial charge in [-0.1, -0.05) is 6.92 Å². The van der Waals surface area contributed by atoms with Crippen molar-refractivity contribution in [3.05, 3.63) is 0 Å². The summed E-state index contributed by atoms with van der Waals surface area (Å²) in [5.41, 5.74) is 10.8. The zero-order valence-corrected chi connectivity index (χ0v) is 6.92. The van der Waals surface area contributed by atoms with Gasteiger partial charge in [-0.2, -0.15) is 0 Å². The fraction of sp³-hybridized carbons (Fsp3) is 0.875. The van der Waals surface area contributed by atoms with Gasteiger partial charge in [-0.15, -0.1) is 0 Å². The van der Waals surface area contributed by atoms with E-state index in [1.807, 2.05) is 0 Å². The molecule has 0 aromatic heterocycles. The van der Waals surface area contributed by atoms with Crippen molar-refractivity contribution >= 4 is 5.91 Å². The van der Waals surface area contributed by atoms with E-state index in [-0.39, 0.29) is 11.9 Å². The summed E-state index contributed by atoms with van der Waals surface area (Å²) in [6.07, 6.45) is 2.87. The topological polar surface area (TPSA) is 69.1 Å². The summed E-state index contributed by atoms with van der Waals surface area (Å²) in [6, 6.07) is -0.0278. The molecule has 0 heterocycles. The molecule has 0 aromatic carbocycles. The van der Waals surface area contributed by atoms with Crippen LogP contribution in [0.15, 0.2) is 0 Å². The zero-order chi connectivity index (χ0) is 8.43. The van der Waals surface area contributed by atoms with Crippen molar-refractivity contribution < 1.29 is 4.79 Å². The average Bonchev–Trinajstić information content (AvgIpc) is 2.65. The molecule has 2 unspecified atom stereocenters. The fourth-order valence-corrected chi connectivity index (χ4v) is 1.39. The highest BCUT2D eigenvalue weighted by Gasteiger charge is 2.31. The Bertz CT molecular complexity index is 154. The predicted molar refractivity (Wildman–Crippen MR) is 43.7 cm³/mol. The first-order chi connectivity index (χ1) is 5.11. The minimum absolute atomic E-state index is 0.0278. The van der Waals surface area contributed by atoms with Gasteiger partial charge < -0.3 is 11.5 Å². The van der Waals surface area contributed by atoms with Gasteiger partial charge in [0.05, 0.1) is 0 Å². The van der Waals surface area contributed by atoms with Crippen molar-refractivity contribution in [2.45, 2.75) is 32.2 Å². The second-order valence-electron chi connectivity index (χ2n) is 3.53. The van der Waals surface area contributed by atoms with Gasteiger partial charge in [-0.25, -0.2) is 0 Å². The molecule has 1 saturated carbocycles. The summed E-state index contributed by atoms with van der Waals surface area (Å²) < 4.78 is 0. The molecule has 3 heteroatoms. The molecule has 1 aliphatic carbocycles. The van der Waals surface area contributed by atoms with E-state index in [9.17, 15) is 4.79 Å². The predicted octanol–water partition coefficient (Wildman–Crippen LogP) is 0.235. The summed E-state index contributed by atoms with van der Waals surface area (Å²) in [5.74, 6) is 0.928. The smallest absolute Gasteiger partial charge is 0.218 e. The van der Waals surface area contributed by atoms with E-state index in [4.69, 9.17) is 11.5 Å². The van der Waals surface area contributed by atoms with Crippen LogP contribution >= 0.6 is 0 Å². The third kappa shape index (κ3) is 2.50. The van der Waals surface area contributed by atoms with Crippen LogP contribution < -0.4 is 11.5 Å². The fourth-order valence-electron chi connectivity index (χ4n) is 1.39. The average molecular weight is 156 g/mol. The highest BCUT2D eigenvalue weighted by atomic mass is 16.1. The number of hydrogen-bond acceptors (Lipinski definition) is 2. The first kappa shape index (κ1) is 8.53. The quantitative estimate of drug-likeness (QED) is 0.612. The molecule has 0 aromatic rings. The SMILES string of the molecule is CC(C(N)CC(N)=O)C1CC1. The molecule has 1 amide bonds. The molecule has 3 nitrogen and oxygen atoms in total. The molecule has 4 N–H and O–H groups in total. The number of carbonyl (C=O) groups excluding carboxylic acids is 1. The molecule has 0 aliphatic heterocycles. The van der Waals surface area contributed by atoms with E-state index in [2.05, 4.69) is 6.92 Å². The maximum absolute atomic E-state index is 10.5. The van der Waals surface area contributed by atoms with Gasteiger partial charge in [0.15, 0.2) is 0 Å². The van der Waals surface area contributed by atoms with Crippen LogP contribution in [0, 0.1) is 11.8 Å². The molecule has 0 radical (unpaired) electrons. The summed E-state index contributed by atoms with van der Waals surface area (Å²) in [6.45, 7) is 2.10. The van der Waals surface area contributed by atoms with Crippen LogP contribution in [0.5, 0.6) is 0 Å². The number of nitrogens with two attached hydrogens (primary N) is 2. The van der Waals surface area contributed by atoms with Gasteiger partial charge in [-0.05, 0) is 24.7 Å². The minimum atomic E-state index is -0.287. The van der Waals surface area contributed by atoms with Crippen LogP contribution in [-0.4, -0.2) is 11.9 Å². The summed E-state index contributed by atoms with van der Waals surface area (Å²) >= 11 is 0. The standard InChI is InChI=1S/C8H16N2O/c1-5(6-2-3-6)7(9)4-8(10)11/h5-7H,2-4,9H2,1H3,(H2,10,11). The van der Waals surface area contributed by atoms with Crippen molar-refractivity contribution in [1.29, 1.82) is 0 Å². The second kappa shape index (κ2) is 3.22.